The van der Waals surface area contributed by atoms with Crippen LogP contribution >= 0.6 is 11.6 Å². The highest BCUT2D eigenvalue weighted by atomic mass is 35.5. The third-order valence-corrected chi connectivity index (χ3v) is 5.53. The second-order valence-corrected chi connectivity index (χ2v) is 8.11. The monoisotopic (exact) mass is 448 g/mol. The van der Waals surface area contributed by atoms with Crippen LogP contribution in [0.2, 0.25) is 5.02 Å². The Morgan fingerprint density at radius 1 is 0.758 bits per heavy atom. The number of aryl methyl sites for hydroxylation is 1. The standard InChI is InChI=1S/C31H22ClF/c1-2-3-4-5-23-6-8-24(9-7-23)10-11-26-15-21-30-28(22-26)18-17-27(31(30)33)16-12-25-13-19-29(32)20-14-25/h2-3,6-9,13-15,17-22H,4-5H2,1H3/b3-2+. The summed E-state index contributed by atoms with van der Waals surface area (Å²) < 4.78 is 15.0. The predicted octanol–water partition coefficient (Wildman–Crippen LogP) is 7.94. The Kier molecular flexibility index (Phi) is 7.26. The van der Waals surface area contributed by atoms with Crippen LogP contribution < -0.4 is 0 Å². The molecule has 0 nitrogen and oxygen atoms in total. The molecule has 4 aromatic carbocycles. The Morgan fingerprint density at radius 3 is 2.12 bits per heavy atom. The van der Waals surface area contributed by atoms with Gasteiger partial charge in [-0.3, -0.25) is 0 Å². The Balaban J connectivity index is 1.53. The van der Waals surface area contributed by atoms with Crippen LogP contribution in [0.15, 0.2) is 91.0 Å². The third kappa shape index (κ3) is 5.93. The van der Waals surface area contributed by atoms with E-state index in [4.69, 9.17) is 11.6 Å². The van der Waals surface area contributed by atoms with Crippen molar-refractivity contribution < 1.29 is 4.39 Å². The minimum atomic E-state index is -0.318. The Bertz CT molecular complexity index is 1420. The molecule has 0 amide bonds. The van der Waals surface area contributed by atoms with E-state index >= 15 is 4.39 Å². The van der Waals surface area contributed by atoms with Crippen LogP contribution in [0.4, 0.5) is 4.39 Å². The lowest BCUT2D eigenvalue weighted by atomic mass is 10.0. The highest BCUT2D eigenvalue weighted by Gasteiger charge is 2.06. The number of rotatable bonds is 3. The quantitative estimate of drug-likeness (QED) is 0.220. The smallest absolute Gasteiger partial charge is 0.146 e. The first-order valence-electron chi connectivity index (χ1n) is 10.8. The molecule has 0 heterocycles. The summed E-state index contributed by atoms with van der Waals surface area (Å²) in [4.78, 5) is 0. The first kappa shape index (κ1) is 22.4. The Hall–Kier alpha value is -3.78. The summed E-state index contributed by atoms with van der Waals surface area (Å²) in [5.74, 6) is 12.0. The van der Waals surface area contributed by atoms with Crippen LogP contribution in [-0.4, -0.2) is 0 Å². The number of allylic oxidation sites excluding steroid dienone is 2. The van der Waals surface area contributed by atoms with Gasteiger partial charge >= 0.3 is 0 Å². The molecule has 2 heteroatoms. The summed E-state index contributed by atoms with van der Waals surface area (Å²) in [7, 11) is 0. The lowest BCUT2D eigenvalue weighted by molar-refractivity contribution is 0.636. The largest absolute Gasteiger partial charge is 0.205 e. The average molecular weight is 449 g/mol. The zero-order valence-electron chi connectivity index (χ0n) is 18.3. The van der Waals surface area contributed by atoms with Gasteiger partial charge in [-0.2, -0.15) is 0 Å². The van der Waals surface area contributed by atoms with Gasteiger partial charge in [0.05, 0.1) is 5.56 Å². The number of benzene rings is 4. The number of hydrogen-bond acceptors (Lipinski definition) is 0. The molecule has 0 aliphatic heterocycles. The van der Waals surface area contributed by atoms with Gasteiger partial charge in [0.2, 0.25) is 0 Å². The molecular formula is C31H22ClF. The fourth-order valence-corrected chi connectivity index (χ4v) is 3.58. The Labute approximate surface area is 199 Å². The molecule has 0 aromatic heterocycles. The number of hydrogen-bond donors (Lipinski definition) is 0. The van der Waals surface area contributed by atoms with Crippen LogP contribution in [0, 0.1) is 29.5 Å². The molecule has 0 bridgehead atoms. The zero-order chi connectivity index (χ0) is 23.0. The van der Waals surface area contributed by atoms with Gasteiger partial charge < -0.3 is 0 Å². The zero-order valence-corrected chi connectivity index (χ0v) is 19.1. The van der Waals surface area contributed by atoms with Crippen molar-refractivity contribution in [2.24, 2.45) is 0 Å². The normalized spacial score (nSPS) is 10.5. The molecule has 160 valence electrons. The molecule has 0 spiro atoms. The maximum absolute atomic E-state index is 15.0. The van der Waals surface area contributed by atoms with E-state index in [0.29, 0.717) is 16.0 Å². The minimum Gasteiger partial charge on any atom is -0.205 e. The van der Waals surface area contributed by atoms with Crippen LogP contribution in [-0.2, 0) is 6.42 Å². The van der Waals surface area contributed by atoms with Crippen molar-refractivity contribution in [3.05, 3.63) is 130 Å². The van der Waals surface area contributed by atoms with Crippen LogP contribution in [0.1, 0.15) is 41.2 Å². The van der Waals surface area contributed by atoms with Crippen molar-refractivity contribution >= 4 is 22.4 Å². The van der Waals surface area contributed by atoms with E-state index < -0.39 is 0 Å². The van der Waals surface area contributed by atoms with Gasteiger partial charge in [0.1, 0.15) is 5.82 Å². The second-order valence-electron chi connectivity index (χ2n) is 7.67. The van der Waals surface area contributed by atoms with Gasteiger partial charge in [0.15, 0.2) is 0 Å². The van der Waals surface area contributed by atoms with Crippen molar-refractivity contribution in [1.29, 1.82) is 0 Å². The van der Waals surface area contributed by atoms with Crippen molar-refractivity contribution in [1.82, 2.24) is 0 Å². The fourth-order valence-electron chi connectivity index (χ4n) is 3.45. The van der Waals surface area contributed by atoms with Crippen molar-refractivity contribution in [2.45, 2.75) is 19.8 Å². The molecule has 0 N–H and O–H groups in total. The van der Waals surface area contributed by atoms with Crippen molar-refractivity contribution in [3.8, 4) is 23.7 Å². The number of halogens is 2. The lowest BCUT2D eigenvalue weighted by Crippen LogP contribution is -1.88. The molecule has 0 fully saturated rings. The van der Waals surface area contributed by atoms with Crippen molar-refractivity contribution in [3.63, 3.8) is 0 Å². The Morgan fingerprint density at radius 2 is 1.39 bits per heavy atom. The van der Waals surface area contributed by atoms with Crippen LogP contribution in [0.3, 0.4) is 0 Å². The van der Waals surface area contributed by atoms with E-state index in [9.17, 15) is 0 Å². The third-order valence-electron chi connectivity index (χ3n) is 5.28. The summed E-state index contributed by atoms with van der Waals surface area (Å²) >= 11 is 5.90. The average Bonchev–Trinajstić information content (AvgIpc) is 2.84. The second kappa shape index (κ2) is 10.7. The van der Waals surface area contributed by atoms with Gasteiger partial charge in [0, 0.05) is 27.1 Å². The molecule has 4 rings (SSSR count). The van der Waals surface area contributed by atoms with E-state index in [1.807, 2.05) is 49.4 Å². The first-order chi connectivity index (χ1) is 16.1. The maximum Gasteiger partial charge on any atom is 0.146 e. The molecule has 0 saturated carbocycles. The van der Waals surface area contributed by atoms with Gasteiger partial charge in [-0.05, 0) is 85.3 Å². The molecule has 33 heavy (non-hydrogen) atoms. The molecule has 0 saturated heterocycles. The predicted molar refractivity (Wildman–Crippen MR) is 137 cm³/mol. The summed E-state index contributed by atoms with van der Waals surface area (Å²) in [5, 5.41) is 1.98. The van der Waals surface area contributed by atoms with Crippen LogP contribution in [0.25, 0.3) is 10.8 Å². The molecule has 0 radical (unpaired) electrons. The SMILES string of the molecule is C/C=C/CCc1ccc(C#Cc2ccc3c(F)c(C#Cc4ccc(Cl)cc4)ccc3c2)cc1. The van der Waals surface area contributed by atoms with Crippen LogP contribution in [0.5, 0.6) is 0 Å². The minimum absolute atomic E-state index is 0.318. The van der Waals surface area contributed by atoms with E-state index in [2.05, 4.69) is 48.0 Å². The van der Waals surface area contributed by atoms with E-state index in [1.165, 1.54) is 5.56 Å². The maximum atomic E-state index is 15.0. The highest BCUT2D eigenvalue weighted by Crippen LogP contribution is 2.22. The van der Waals surface area contributed by atoms with E-state index in [1.54, 1.807) is 24.3 Å². The van der Waals surface area contributed by atoms with Gasteiger partial charge in [-0.15, -0.1) is 0 Å². The molecule has 0 aliphatic rings. The molecular weight excluding hydrogens is 427 g/mol. The summed E-state index contributed by atoms with van der Waals surface area (Å²) in [5.41, 5.74) is 4.26. The molecule has 0 unspecified atom stereocenters. The molecule has 0 atom stereocenters. The van der Waals surface area contributed by atoms with Gasteiger partial charge in [0.25, 0.3) is 0 Å². The van der Waals surface area contributed by atoms with E-state index in [0.717, 1.165) is 34.9 Å². The molecule has 4 aromatic rings. The van der Waals surface area contributed by atoms with Crippen molar-refractivity contribution in [2.75, 3.05) is 0 Å². The summed E-state index contributed by atoms with van der Waals surface area (Å²) in [6.45, 7) is 2.04. The molecule has 0 aliphatic carbocycles. The van der Waals surface area contributed by atoms with E-state index in [-0.39, 0.29) is 5.82 Å². The fraction of sp³-hybridized carbons (Fsp3) is 0.0968. The topological polar surface area (TPSA) is 0 Å². The summed E-state index contributed by atoms with van der Waals surface area (Å²) in [6, 6.07) is 24.6. The highest BCUT2D eigenvalue weighted by molar-refractivity contribution is 6.30. The van der Waals surface area contributed by atoms with Gasteiger partial charge in [-0.25, -0.2) is 4.39 Å². The van der Waals surface area contributed by atoms with Gasteiger partial charge in [-0.1, -0.05) is 71.7 Å². The summed E-state index contributed by atoms with van der Waals surface area (Å²) in [6.07, 6.45) is 6.32. The lowest BCUT2D eigenvalue weighted by Gasteiger charge is -2.03. The number of fused-ring (bicyclic) bond motifs is 1. The first-order valence-corrected chi connectivity index (χ1v) is 11.2.